The third-order valence-electron chi connectivity index (χ3n) is 5.44. The number of carbonyl (C=O) groups is 1. The maximum atomic E-state index is 13.2. The minimum atomic E-state index is -3.74. The van der Waals surface area contributed by atoms with E-state index in [0.29, 0.717) is 40.9 Å². The SMILES string of the molecule is COc1ccc(CC(=O)Nc2ccc3c(c2)N(S(=O)(=O)c2ccc(Cl)cc2)CC3)cc1OC. The molecule has 0 unspecified atom stereocenters. The highest BCUT2D eigenvalue weighted by molar-refractivity contribution is 7.92. The van der Waals surface area contributed by atoms with Crippen LogP contribution in [-0.2, 0) is 27.7 Å². The zero-order valence-corrected chi connectivity index (χ0v) is 19.7. The molecule has 0 fully saturated rings. The molecule has 1 aliphatic rings. The number of nitrogens with one attached hydrogen (secondary N) is 1. The molecule has 1 N–H and O–H groups in total. The molecule has 0 bridgehead atoms. The summed E-state index contributed by atoms with van der Waals surface area (Å²) in [6.45, 7) is 0.337. The van der Waals surface area contributed by atoms with Crippen LogP contribution in [0.2, 0.25) is 5.02 Å². The molecule has 0 spiro atoms. The number of sulfonamides is 1. The summed E-state index contributed by atoms with van der Waals surface area (Å²) >= 11 is 5.90. The Kier molecular flexibility index (Phi) is 6.49. The number of ether oxygens (including phenoxy) is 2. The maximum absolute atomic E-state index is 13.2. The van der Waals surface area contributed by atoms with E-state index in [0.717, 1.165) is 11.1 Å². The van der Waals surface area contributed by atoms with Crippen LogP contribution in [0.1, 0.15) is 11.1 Å². The van der Waals surface area contributed by atoms with Crippen molar-refractivity contribution in [2.75, 3.05) is 30.4 Å². The van der Waals surface area contributed by atoms with E-state index in [1.54, 1.807) is 49.6 Å². The monoisotopic (exact) mass is 486 g/mol. The molecule has 7 nitrogen and oxygen atoms in total. The molecule has 0 aliphatic carbocycles. The first-order chi connectivity index (χ1) is 15.8. The molecule has 33 heavy (non-hydrogen) atoms. The van der Waals surface area contributed by atoms with Gasteiger partial charge in [-0.3, -0.25) is 9.10 Å². The van der Waals surface area contributed by atoms with E-state index in [-0.39, 0.29) is 17.2 Å². The van der Waals surface area contributed by atoms with Crippen LogP contribution < -0.4 is 19.1 Å². The predicted octanol–water partition coefficient (Wildman–Crippen LogP) is 4.29. The Morgan fingerprint density at radius 3 is 2.42 bits per heavy atom. The van der Waals surface area contributed by atoms with Gasteiger partial charge in [0.25, 0.3) is 10.0 Å². The summed E-state index contributed by atoms with van der Waals surface area (Å²) in [5.41, 5.74) is 2.76. The first kappa shape index (κ1) is 22.9. The number of amides is 1. The largest absolute Gasteiger partial charge is 0.493 e. The molecular formula is C24H23ClN2O5S. The number of nitrogens with zero attached hydrogens (tertiary/aromatic N) is 1. The van der Waals surface area contributed by atoms with Crippen LogP contribution in [0.25, 0.3) is 0 Å². The Hall–Kier alpha value is -3.23. The van der Waals surface area contributed by atoms with Crippen LogP contribution in [0.15, 0.2) is 65.6 Å². The number of hydrogen-bond acceptors (Lipinski definition) is 5. The average molecular weight is 487 g/mol. The van der Waals surface area contributed by atoms with Gasteiger partial charge in [0, 0.05) is 17.3 Å². The molecule has 0 saturated heterocycles. The number of rotatable bonds is 7. The Balaban J connectivity index is 1.52. The van der Waals surface area contributed by atoms with Gasteiger partial charge in [-0.15, -0.1) is 0 Å². The van der Waals surface area contributed by atoms with E-state index < -0.39 is 10.0 Å². The van der Waals surface area contributed by atoms with E-state index in [4.69, 9.17) is 21.1 Å². The molecular weight excluding hydrogens is 464 g/mol. The van der Waals surface area contributed by atoms with E-state index in [9.17, 15) is 13.2 Å². The van der Waals surface area contributed by atoms with Crippen molar-refractivity contribution in [3.63, 3.8) is 0 Å². The number of anilines is 2. The molecule has 0 atom stereocenters. The first-order valence-corrected chi connectivity index (χ1v) is 12.1. The first-order valence-electron chi connectivity index (χ1n) is 10.2. The molecule has 4 rings (SSSR count). The lowest BCUT2D eigenvalue weighted by molar-refractivity contribution is -0.115. The second-order valence-electron chi connectivity index (χ2n) is 7.54. The average Bonchev–Trinajstić information content (AvgIpc) is 3.23. The molecule has 0 radical (unpaired) electrons. The number of benzene rings is 3. The molecule has 0 saturated carbocycles. The summed E-state index contributed by atoms with van der Waals surface area (Å²) in [5, 5.41) is 3.32. The highest BCUT2D eigenvalue weighted by Gasteiger charge is 2.31. The van der Waals surface area contributed by atoms with Gasteiger partial charge in [-0.2, -0.15) is 0 Å². The molecule has 3 aromatic carbocycles. The lowest BCUT2D eigenvalue weighted by Gasteiger charge is -2.20. The topological polar surface area (TPSA) is 84.9 Å². The van der Waals surface area contributed by atoms with Gasteiger partial charge in [0.05, 0.1) is 31.2 Å². The molecule has 172 valence electrons. The standard InChI is InChI=1S/C24H23ClN2O5S/c1-31-22-10-3-16(13-23(22)32-2)14-24(28)26-19-7-4-17-11-12-27(21(17)15-19)33(29,30)20-8-5-18(25)6-9-20/h3-10,13,15H,11-12,14H2,1-2H3,(H,26,28). The second kappa shape index (κ2) is 9.33. The molecule has 1 heterocycles. The van der Waals surface area contributed by atoms with Gasteiger partial charge >= 0.3 is 0 Å². The van der Waals surface area contributed by atoms with Gasteiger partial charge in [-0.1, -0.05) is 23.7 Å². The minimum Gasteiger partial charge on any atom is -0.493 e. The summed E-state index contributed by atoms with van der Waals surface area (Å²) < 4.78 is 38.2. The van der Waals surface area contributed by atoms with Gasteiger partial charge < -0.3 is 14.8 Å². The van der Waals surface area contributed by atoms with E-state index in [2.05, 4.69) is 5.32 Å². The third kappa shape index (κ3) is 4.77. The van der Waals surface area contributed by atoms with E-state index in [1.165, 1.54) is 23.5 Å². The van der Waals surface area contributed by atoms with Crippen molar-refractivity contribution in [1.82, 2.24) is 0 Å². The van der Waals surface area contributed by atoms with Crippen molar-refractivity contribution in [2.45, 2.75) is 17.7 Å². The second-order valence-corrected chi connectivity index (χ2v) is 9.84. The Morgan fingerprint density at radius 1 is 1.00 bits per heavy atom. The Morgan fingerprint density at radius 2 is 1.73 bits per heavy atom. The maximum Gasteiger partial charge on any atom is 0.264 e. The molecule has 3 aromatic rings. The van der Waals surface area contributed by atoms with Crippen LogP contribution in [0.5, 0.6) is 11.5 Å². The smallest absolute Gasteiger partial charge is 0.264 e. The fraction of sp³-hybridized carbons (Fsp3) is 0.208. The van der Waals surface area contributed by atoms with Crippen molar-refractivity contribution in [3.05, 3.63) is 76.8 Å². The van der Waals surface area contributed by atoms with Crippen molar-refractivity contribution < 1.29 is 22.7 Å². The van der Waals surface area contributed by atoms with Crippen LogP contribution in [0.3, 0.4) is 0 Å². The number of fused-ring (bicyclic) bond motifs is 1. The van der Waals surface area contributed by atoms with E-state index >= 15 is 0 Å². The number of carbonyl (C=O) groups excluding carboxylic acids is 1. The van der Waals surface area contributed by atoms with Crippen molar-refractivity contribution in [3.8, 4) is 11.5 Å². The van der Waals surface area contributed by atoms with Gasteiger partial charge in [-0.25, -0.2) is 8.42 Å². The normalized spacial score (nSPS) is 12.9. The number of hydrogen-bond donors (Lipinski definition) is 1. The Labute approximate surface area is 197 Å². The highest BCUT2D eigenvalue weighted by atomic mass is 35.5. The predicted molar refractivity (Wildman–Crippen MR) is 128 cm³/mol. The van der Waals surface area contributed by atoms with Crippen molar-refractivity contribution in [2.24, 2.45) is 0 Å². The van der Waals surface area contributed by atoms with Gasteiger partial charge in [0.2, 0.25) is 5.91 Å². The molecule has 0 aromatic heterocycles. The van der Waals surface area contributed by atoms with Crippen LogP contribution >= 0.6 is 11.6 Å². The lowest BCUT2D eigenvalue weighted by Crippen LogP contribution is -2.29. The lowest BCUT2D eigenvalue weighted by atomic mass is 10.1. The fourth-order valence-electron chi connectivity index (χ4n) is 3.79. The summed E-state index contributed by atoms with van der Waals surface area (Å²) in [6, 6.07) is 16.7. The van der Waals surface area contributed by atoms with Gasteiger partial charge in [0.1, 0.15) is 0 Å². The van der Waals surface area contributed by atoms with Gasteiger partial charge in [-0.05, 0) is 66.1 Å². The zero-order chi connectivity index (χ0) is 23.6. The van der Waals surface area contributed by atoms with Gasteiger partial charge in [0.15, 0.2) is 11.5 Å². The van der Waals surface area contributed by atoms with Crippen molar-refractivity contribution >= 4 is 38.9 Å². The quantitative estimate of drug-likeness (QED) is 0.538. The molecule has 9 heteroatoms. The summed E-state index contributed by atoms with van der Waals surface area (Å²) in [7, 11) is -0.653. The summed E-state index contributed by atoms with van der Waals surface area (Å²) in [4.78, 5) is 12.8. The van der Waals surface area contributed by atoms with Crippen LogP contribution in [-0.4, -0.2) is 35.1 Å². The highest BCUT2D eigenvalue weighted by Crippen LogP contribution is 2.35. The summed E-state index contributed by atoms with van der Waals surface area (Å²) in [5.74, 6) is 0.901. The zero-order valence-electron chi connectivity index (χ0n) is 18.2. The molecule has 1 amide bonds. The minimum absolute atomic E-state index is 0.129. The van der Waals surface area contributed by atoms with Crippen molar-refractivity contribution in [1.29, 1.82) is 0 Å². The number of methoxy groups -OCH3 is 2. The number of halogens is 1. The fourth-order valence-corrected chi connectivity index (χ4v) is 5.41. The Bertz CT molecular complexity index is 1290. The van der Waals surface area contributed by atoms with E-state index in [1.807, 2.05) is 6.07 Å². The summed E-state index contributed by atoms with van der Waals surface area (Å²) in [6.07, 6.45) is 0.728. The van der Waals surface area contributed by atoms with Crippen LogP contribution in [0, 0.1) is 0 Å². The third-order valence-corrected chi connectivity index (χ3v) is 7.52. The molecule has 1 aliphatic heterocycles. The van der Waals surface area contributed by atoms with Crippen LogP contribution in [0.4, 0.5) is 11.4 Å².